The van der Waals surface area contributed by atoms with E-state index < -0.39 is 0 Å². The smallest absolute Gasteiger partial charge is 0.314 e. The van der Waals surface area contributed by atoms with Gasteiger partial charge in [-0.3, -0.25) is 4.90 Å². The number of aliphatic hydroxyl groups excluding tert-OH is 1. The van der Waals surface area contributed by atoms with Gasteiger partial charge in [-0.1, -0.05) is 13.3 Å². The van der Waals surface area contributed by atoms with E-state index in [1.54, 1.807) is 0 Å². The van der Waals surface area contributed by atoms with Crippen molar-refractivity contribution in [3.8, 4) is 0 Å². The van der Waals surface area contributed by atoms with Crippen molar-refractivity contribution in [1.82, 2.24) is 15.5 Å². The second-order valence-electron chi connectivity index (χ2n) is 8.26. The molecular weight excluding hydrogens is 290 g/mol. The third kappa shape index (κ3) is 5.96. The van der Waals surface area contributed by atoms with Crippen LogP contribution < -0.4 is 10.6 Å². The molecule has 5 heteroatoms. The summed E-state index contributed by atoms with van der Waals surface area (Å²) in [7, 11) is 0. The third-order valence-corrected chi connectivity index (χ3v) is 5.50. The fourth-order valence-corrected chi connectivity index (χ4v) is 3.90. The van der Waals surface area contributed by atoms with Crippen LogP contribution in [0.3, 0.4) is 0 Å². The summed E-state index contributed by atoms with van der Waals surface area (Å²) in [6.07, 6.45) is 6.28. The zero-order valence-electron chi connectivity index (χ0n) is 15.1. The molecule has 1 heterocycles. The molecule has 2 rings (SSSR count). The molecule has 3 atom stereocenters. The van der Waals surface area contributed by atoms with Gasteiger partial charge in [0.15, 0.2) is 0 Å². The van der Waals surface area contributed by atoms with Gasteiger partial charge >= 0.3 is 6.03 Å². The largest absolute Gasteiger partial charge is 0.393 e. The zero-order valence-corrected chi connectivity index (χ0v) is 15.1. The molecule has 2 amide bonds. The van der Waals surface area contributed by atoms with Crippen LogP contribution in [0.15, 0.2) is 0 Å². The minimum atomic E-state index is -0.182. The maximum absolute atomic E-state index is 12.1. The highest BCUT2D eigenvalue weighted by Gasteiger charge is 2.30. The lowest BCUT2D eigenvalue weighted by Gasteiger charge is -2.43. The molecule has 3 N–H and O–H groups in total. The molecule has 0 aromatic carbocycles. The SMILES string of the molecule is CC1CCCN(C(C)(C)CNC(=O)NCC2CCCC(O)C2)C1. The van der Waals surface area contributed by atoms with Gasteiger partial charge in [0.2, 0.25) is 0 Å². The fraction of sp³-hybridized carbons (Fsp3) is 0.944. The summed E-state index contributed by atoms with van der Waals surface area (Å²) >= 11 is 0. The van der Waals surface area contributed by atoms with Crippen molar-refractivity contribution in [2.45, 2.75) is 70.9 Å². The van der Waals surface area contributed by atoms with Crippen molar-refractivity contribution in [3.63, 3.8) is 0 Å². The number of amides is 2. The van der Waals surface area contributed by atoms with Crippen molar-refractivity contribution in [1.29, 1.82) is 0 Å². The van der Waals surface area contributed by atoms with Crippen molar-refractivity contribution in [2.75, 3.05) is 26.2 Å². The first kappa shape index (κ1) is 18.5. The van der Waals surface area contributed by atoms with Gasteiger partial charge in [-0.05, 0) is 64.3 Å². The molecule has 1 saturated carbocycles. The van der Waals surface area contributed by atoms with Gasteiger partial charge in [0.05, 0.1) is 6.10 Å². The molecule has 3 unspecified atom stereocenters. The number of nitrogens with one attached hydrogen (secondary N) is 2. The lowest BCUT2D eigenvalue weighted by molar-refractivity contribution is 0.0722. The number of aliphatic hydroxyl groups is 1. The molecule has 5 nitrogen and oxygen atoms in total. The summed E-state index contributed by atoms with van der Waals surface area (Å²) in [5.41, 5.74) is -0.00689. The lowest BCUT2D eigenvalue weighted by Crippen LogP contribution is -2.55. The third-order valence-electron chi connectivity index (χ3n) is 5.50. The Morgan fingerprint density at radius 3 is 2.70 bits per heavy atom. The van der Waals surface area contributed by atoms with E-state index in [4.69, 9.17) is 0 Å². The van der Waals surface area contributed by atoms with Crippen LogP contribution in [0.25, 0.3) is 0 Å². The molecule has 1 saturated heterocycles. The quantitative estimate of drug-likeness (QED) is 0.727. The summed E-state index contributed by atoms with van der Waals surface area (Å²) < 4.78 is 0. The maximum atomic E-state index is 12.1. The first-order valence-electron chi connectivity index (χ1n) is 9.31. The number of likely N-dealkylation sites (tertiary alicyclic amines) is 1. The van der Waals surface area contributed by atoms with E-state index in [-0.39, 0.29) is 17.7 Å². The minimum Gasteiger partial charge on any atom is -0.393 e. The molecular formula is C18H35N3O2. The Morgan fingerprint density at radius 2 is 2.00 bits per heavy atom. The molecule has 0 bridgehead atoms. The molecule has 0 aromatic heterocycles. The van der Waals surface area contributed by atoms with E-state index in [0.717, 1.165) is 44.7 Å². The fourth-order valence-electron chi connectivity index (χ4n) is 3.90. The van der Waals surface area contributed by atoms with E-state index in [1.165, 1.54) is 12.8 Å². The van der Waals surface area contributed by atoms with Crippen LogP contribution >= 0.6 is 0 Å². The van der Waals surface area contributed by atoms with Gasteiger partial charge in [0.25, 0.3) is 0 Å². The van der Waals surface area contributed by atoms with Crippen LogP contribution in [-0.2, 0) is 0 Å². The van der Waals surface area contributed by atoms with Crippen LogP contribution in [0.4, 0.5) is 4.79 Å². The maximum Gasteiger partial charge on any atom is 0.314 e. The monoisotopic (exact) mass is 325 g/mol. The Morgan fingerprint density at radius 1 is 1.22 bits per heavy atom. The van der Waals surface area contributed by atoms with Gasteiger partial charge < -0.3 is 15.7 Å². The molecule has 1 aliphatic carbocycles. The van der Waals surface area contributed by atoms with Crippen molar-refractivity contribution >= 4 is 6.03 Å². The second kappa shape index (κ2) is 8.34. The highest BCUT2D eigenvalue weighted by Crippen LogP contribution is 2.24. The van der Waals surface area contributed by atoms with E-state index in [2.05, 4.69) is 36.3 Å². The van der Waals surface area contributed by atoms with Gasteiger partial charge in [-0.25, -0.2) is 4.79 Å². The van der Waals surface area contributed by atoms with Crippen LogP contribution in [-0.4, -0.2) is 53.9 Å². The van der Waals surface area contributed by atoms with E-state index in [9.17, 15) is 9.90 Å². The Labute approximate surface area is 141 Å². The average molecular weight is 325 g/mol. The minimum absolute atomic E-state index is 0.00689. The number of hydrogen-bond acceptors (Lipinski definition) is 3. The number of carbonyl (C=O) groups excluding carboxylic acids is 1. The highest BCUT2D eigenvalue weighted by atomic mass is 16.3. The Bertz CT molecular complexity index is 386. The topological polar surface area (TPSA) is 64.6 Å². The molecule has 23 heavy (non-hydrogen) atoms. The van der Waals surface area contributed by atoms with Gasteiger partial charge in [0, 0.05) is 25.2 Å². The van der Waals surface area contributed by atoms with E-state index in [0.29, 0.717) is 19.0 Å². The van der Waals surface area contributed by atoms with Crippen molar-refractivity contribution in [2.24, 2.45) is 11.8 Å². The molecule has 0 spiro atoms. The normalized spacial score (nSPS) is 30.0. The lowest BCUT2D eigenvalue weighted by atomic mass is 9.87. The summed E-state index contributed by atoms with van der Waals surface area (Å²) in [5, 5.41) is 15.7. The molecule has 1 aliphatic heterocycles. The first-order valence-corrected chi connectivity index (χ1v) is 9.31. The standard InChI is InChI=1S/C18H35N3O2/c1-14-6-5-9-21(12-14)18(2,3)13-20-17(23)19-11-15-7-4-8-16(22)10-15/h14-16,22H,4-13H2,1-3H3,(H2,19,20,23). The van der Waals surface area contributed by atoms with Crippen LogP contribution in [0.2, 0.25) is 0 Å². The Kier molecular flexibility index (Phi) is 6.72. The molecule has 2 aliphatic rings. The predicted octanol–water partition coefficient (Wildman–Crippen LogP) is 2.35. The van der Waals surface area contributed by atoms with Crippen molar-refractivity contribution in [3.05, 3.63) is 0 Å². The van der Waals surface area contributed by atoms with Gasteiger partial charge in [-0.2, -0.15) is 0 Å². The molecule has 0 aromatic rings. The summed E-state index contributed by atoms with van der Waals surface area (Å²) in [4.78, 5) is 14.6. The zero-order chi connectivity index (χ0) is 16.9. The number of nitrogens with zero attached hydrogens (tertiary/aromatic N) is 1. The highest BCUT2D eigenvalue weighted by molar-refractivity contribution is 5.73. The Balaban J connectivity index is 1.68. The number of carbonyl (C=O) groups is 1. The van der Waals surface area contributed by atoms with Crippen LogP contribution in [0.5, 0.6) is 0 Å². The van der Waals surface area contributed by atoms with Crippen LogP contribution in [0, 0.1) is 11.8 Å². The number of hydrogen-bond donors (Lipinski definition) is 3. The van der Waals surface area contributed by atoms with E-state index in [1.807, 2.05) is 0 Å². The summed E-state index contributed by atoms with van der Waals surface area (Å²) in [6, 6.07) is -0.0804. The summed E-state index contributed by atoms with van der Waals surface area (Å²) in [5.74, 6) is 1.16. The second-order valence-corrected chi connectivity index (χ2v) is 8.26. The van der Waals surface area contributed by atoms with Gasteiger partial charge in [-0.15, -0.1) is 0 Å². The molecule has 134 valence electrons. The molecule has 2 fully saturated rings. The Hall–Kier alpha value is -0.810. The van der Waals surface area contributed by atoms with Crippen molar-refractivity contribution < 1.29 is 9.90 Å². The number of piperidine rings is 1. The average Bonchev–Trinajstić information content (AvgIpc) is 2.51. The first-order chi connectivity index (χ1) is 10.9. The summed E-state index contributed by atoms with van der Waals surface area (Å²) in [6.45, 7) is 10.3. The van der Waals surface area contributed by atoms with E-state index >= 15 is 0 Å². The van der Waals surface area contributed by atoms with Crippen LogP contribution in [0.1, 0.15) is 59.3 Å². The molecule has 0 radical (unpaired) electrons. The number of rotatable bonds is 5. The number of urea groups is 1. The van der Waals surface area contributed by atoms with Gasteiger partial charge in [0.1, 0.15) is 0 Å². The predicted molar refractivity (Wildman–Crippen MR) is 93.4 cm³/mol.